The molecule has 2 aromatic rings. The molecule has 0 spiro atoms. The van der Waals surface area contributed by atoms with Gasteiger partial charge in [0.2, 0.25) is 0 Å². The first kappa shape index (κ1) is 24.9. The van der Waals surface area contributed by atoms with Gasteiger partial charge in [0.1, 0.15) is 6.61 Å². The van der Waals surface area contributed by atoms with E-state index in [0.29, 0.717) is 54.2 Å². The highest BCUT2D eigenvalue weighted by molar-refractivity contribution is 8.18. The molecule has 3 rings (SSSR count). The van der Waals surface area contributed by atoms with Crippen molar-refractivity contribution < 1.29 is 14.3 Å². The van der Waals surface area contributed by atoms with Gasteiger partial charge in [-0.05, 0) is 80.4 Å². The molecule has 0 aromatic heterocycles. The molecule has 1 aliphatic heterocycles. The van der Waals surface area contributed by atoms with E-state index < -0.39 is 0 Å². The molecule has 0 bridgehead atoms. The zero-order valence-corrected chi connectivity index (χ0v) is 20.8. The number of amides is 1. The molecular weight excluding hydrogens is 456 g/mol. The van der Waals surface area contributed by atoms with Crippen LogP contribution in [0, 0.1) is 0 Å². The predicted molar refractivity (Wildman–Crippen MR) is 138 cm³/mol. The Bertz CT molecular complexity index is 1060. The third kappa shape index (κ3) is 6.21. The summed E-state index contributed by atoms with van der Waals surface area (Å²) in [6, 6.07) is 11.5. The van der Waals surface area contributed by atoms with Gasteiger partial charge in [0.15, 0.2) is 16.7 Å². The molecule has 33 heavy (non-hydrogen) atoms. The number of allylic oxidation sites excluding steroid dienone is 1. The van der Waals surface area contributed by atoms with E-state index in [9.17, 15) is 4.79 Å². The number of aliphatic imine (C=N–C) groups is 1. The van der Waals surface area contributed by atoms with E-state index >= 15 is 0 Å². The summed E-state index contributed by atoms with van der Waals surface area (Å²) in [4.78, 5) is 19.7. The fourth-order valence-corrected chi connectivity index (χ4v) is 4.66. The van der Waals surface area contributed by atoms with Crippen LogP contribution in [0.3, 0.4) is 0 Å². The SMILES string of the molecule is C=CCc1cc(/C=C2/SC(=NCC)N(CC)C2=O)cc(OCC)c1OCc1ccc(Cl)cc1. The highest BCUT2D eigenvalue weighted by atomic mass is 35.5. The quantitative estimate of drug-likeness (QED) is 0.291. The molecule has 0 aliphatic carbocycles. The number of likely N-dealkylation sites (N-methyl/N-ethyl adjacent to an activating group) is 1. The van der Waals surface area contributed by atoms with Gasteiger partial charge >= 0.3 is 0 Å². The van der Waals surface area contributed by atoms with Gasteiger partial charge in [-0.15, -0.1) is 6.58 Å². The van der Waals surface area contributed by atoms with E-state index in [1.165, 1.54) is 11.8 Å². The van der Waals surface area contributed by atoms with E-state index in [-0.39, 0.29) is 5.91 Å². The summed E-state index contributed by atoms with van der Waals surface area (Å²) in [6.45, 7) is 11.9. The third-order valence-corrected chi connectivity index (χ3v) is 6.21. The Morgan fingerprint density at radius 3 is 2.55 bits per heavy atom. The van der Waals surface area contributed by atoms with Crippen molar-refractivity contribution in [3.05, 3.63) is 75.7 Å². The number of carbonyl (C=O) groups is 1. The minimum atomic E-state index is -0.0269. The van der Waals surface area contributed by atoms with Crippen LogP contribution in [0.25, 0.3) is 6.08 Å². The molecule has 1 heterocycles. The topological polar surface area (TPSA) is 51.1 Å². The van der Waals surface area contributed by atoms with Gasteiger partial charge < -0.3 is 9.47 Å². The van der Waals surface area contributed by atoms with Crippen LogP contribution in [0.5, 0.6) is 11.5 Å². The van der Waals surface area contributed by atoms with Crippen molar-refractivity contribution in [2.45, 2.75) is 33.8 Å². The molecule has 0 radical (unpaired) electrons. The van der Waals surface area contributed by atoms with E-state index in [1.54, 1.807) is 4.90 Å². The summed E-state index contributed by atoms with van der Waals surface area (Å²) in [6.07, 6.45) is 4.33. The maximum Gasteiger partial charge on any atom is 0.266 e. The van der Waals surface area contributed by atoms with Gasteiger partial charge in [0, 0.05) is 23.7 Å². The number of amidine groups is 1. The molecule has 7 heteroatoms. The number of hydrogen-bond acceptors (Lipinski definition) is 5. The van der Waals surface area contributed by atoms with Gasteiger partial charge in [-0.3, -0.25) is 14.7 Å². The van der Waals surface area contributed by atoms with Crippen LogP contribution in [-0.2, 0) is 17.8 Å². The van der Waals surface area contributed by atoms with Gasteiger partial charge in [-0.1, -0.05) is 29.8 Å². The molecule has 0 unspecified atom stereocenters. The first-order valence-electron chi connectivity index (χ1n) is 11.0. The van der Waals surface area contributed by atoms with E-state index in [2.05, 4.69) is 11.6 Å². The minimum absolute atomic E-state index is 0.0269. The Labute approximate surface area is 205 Å². The normalized spacial score (nSPS) is 16.0. The molecule has 1 saturated heterocycles. The van der Waals surface area contributed by atoms with Gasteiger partial charge in [-0.25, -0.2) is 0 Å². The second kappa shape index (κ2) is 12.0. The molecule has 0 atom stereocenters. The Balaban J connectivity index is 1.96. The smallest absolute Gasteiger partial charge is 0.266 e. The van der Waals surface area contributed by atoms with Crippen molar-refractivity contribution in [2.75, 3.05) is 19.7 Å². The second-order valence-electron chi connectivity index (χ2n) is 7.27. The first-order chi connectivity index (χ1) is 16.0. The highest BCUT2D eigenvalue weighted by Gasteiger charge is 2.32. The van der Waals surface area contributed by atoms with E-state index in [0.717, 1.165) is 21.9 Å². The number of benzene rings is 2. The van der Waals surface area contributed by atoms with E-state index in [1.807, 2.05) is 69.3 Å². The largest absolute Gasteiger partial charge is 0.490 e. The molecule has 2 aromatic carbocycles. The van der Waals surface area contributed by atoms with Crippen LogP contribution in [0.15, 0.2) is 59.0 Å². The monoisotopic (exact) mass is 484 g/mol. The Kier molecular flexibility index (Phi) is 9.03. The zero-order chi connectivity index (χ0) is 23.8. The Morgan fingerprint density at radius 2 is 1.91 bits per heavy atom. The molecule has 0 saturated carbocycles. The summed E-state index contributed by atoms with van der Waals surface area (Å²) >= 11 is 7.40. The van der Waals surface area contributed by atoms with Crippen LogP contribution >= 0.6 is 23.4 Å². The van der Waals surface area contributed by atoms with Crippen molar-refractivity contribution in [2.24, 2.45) is 4.99 Å². The third-order valence-electron chi connectivity index (χ3n) is 4.91. The number of halogens is 1. The highest BCUT2D eigenvalue weighted by Crippen LogP contribution is 2.38. The lowest BCUT2D eigenvalue weighted by molar-refractivity contribution is -0.122. The molecule has 174 valence electrons. The van der Waals surface area contributed by atoms with Gasteiger partial charge in [0.05, 0.1) is 11.5 Å². The maximum absolute atomic E-state index is 12.9. The number of thioether (sulfide) groups is 1. The fourth-order valence-electron chi connectivity index (χ4n) is 3.43. The van der Waals surface area contributed by atoms with Crippen LogP contribution in [0.1, 0.15) is 37.5 Å². The number of hydrogen-bond donors (Lipinski definition) is 0. The van der Waals surface area contributed by atoms with Crippen LogP contribution in [-0.4, -0.2) is 35.7 Å². The average Bonchev–Trinajstić information content (AvgIpc) is 3.09. The van der Waals surface area contributed by atoms with Crippen LogP contribution < -0.4 is 9.47 Å². The number of rotatable bonds is 10. The summed E-state index contributed by atoms with van der Waals surface area (Å²) < 4.78 is 12.1. The average molecular weight is 485 g/mol. The standard InChI is InChI=1S/C26H29ClN2O3S/c1-5-9-20-14-19(16-23-25(30)29(7-3)26(33-23)28-6-2)15-22(31-8-4)24(20)32-17-18-10-12-21(27)13-11-18/h5,10-16H,1,6-9,17H2,2-4H3/b23-16+,28-26?. The number of nitrogens with zero attached hydrogens (tertiary/aromatic N) is 2. The van der Waals surface area contributed by atoms with Crippen LogP contribution in [0.4, 0.5) is 0 Å². The van der Waals surface area contributed by atoms with Gasteiger partial charge in [-0.2, -0.15) is 0 Å². The molecular formula is C26H29ClN2O3S. The lowest BCUT2D eigenvalue weighted by atomic mass is 10.0. The summed E-state index contributed by atoms with van der Waals surface area (Å²) in [5.74, 6) is 1.30. The number of carbonyl (C=O) groups excluding carboxylic acids is 1. The first-order valence-corrected chi connectivity index (χ1v) is 12.2. The number of ether oxygens (including phenoxy) is 2. The summed E-state index contributed by atoms with van der Waals surface area (Å²) in [7, 11) is 0. The van der Waals surface area contributed by atoms with Crippen molar-refractivity contribution >= 4 is 40.5 Å². The Hall–Kier alpha value is -2.70. The predicted octanol–water partition coefficient (Wildman–Crippen LogP) is 6.36. The van der Waals surface area contributed by atoms with Crippen molar-refractivity contribution in [3.8, 4) is 11.5 Å². The lowest BCUT2D eigenvalue weighted by Gasteiger charge is -2.17. The Morgan fingerprint density at radius 1 is 1.15 bits per heavy atom. The van der Waals surface area contributed by atoms with Crippen LogP contribution in [0.2, 0.25) is 5.02 Å². The molecule has 5 nitrogen and oxygen atoms in total. The lowest BCUT2D eigenvalue weighted by Crippen LogP contribution is -2.28. The van der Waals surface area contributed by atoms with Crippen molar-refractivity contribution in [1.29, 1.82) is 0 Å². The molecule has 1 aliphatic rings. The minimum Gasteiger partial charge on any atom is -0.490 e. The molecule has 1 amide bonds. The van der Waals surface area contributed by atoms with Gasteiger partial charge in [0.25, 0.3) is 5.91 Å². The van der Waals surface area contributed by atoms with E-state index in [4.69, 9.17) is 21.1 Å². The summed E-state index contributed by atoms with van der Waals surface area (Å²) in [5.41, 5.74) is 2.83. The second-order valence-corrected chi connectivity index (χ2v) is 8.71. The molecule has 1 fully saturated rings. The molecule has 0 N–H and O–H groups in total. The zero-order valence-electron chi connectivity index (χ0n) is 19.3. The fraction of sp³-hybridized carbons (Fsp3) is 0.308. The maximum atomic E-state index is 12.9. The van der Waals surface area contributed by atoms with Crippen molar-refractivity contribution in [3.63, 3.8) is 0 Å². The van der Waals surface area contributed by atoms with Crippen molar-refractivity contribution in [1.82, 2.24) is 4.90 Å². The summed E-state index contributed by atoms with van der Waals surface area (Å²) in [5, 5.41) is 1.43.